The van der Waals surface area contributed by atoms with Gasteiger partial charge in [0, 0.05) is 18.9 Å². The summed E-state index contributed by atoms with van der Waals surface area (Å²) in [6.07, 6.45) is 3.21. The van der Waals surface area contributed by atoms with Gasteiger partial charge in [-0.25, -0.2) is 0 Å². The van der Waals surface area contributed by atoms with Crippen molar-refractivity contribution in [3.8, 4) is 0 Å². The average molecular weight is 143 g/mol. The number of carbonyl (C=O) groups excluding carboxylic acids is 1. The lowest BCUT2D eigenvalue weighted by Crippen LogP contribution is -2.22. The van der Waals surface area contributed by atoms with Gasteiger partial charge >= 0.3 is 0 Å². The van der Waals surface area contributed by atoms with E-state index in [9.17, 15) is 4.79 Å². The van der Waals surface area contributed by atoms with Crippen molar-refractivity contribution in [3.05, 3.63) is 0 Å². The van der Waals surface area contributed by atoms with Gasteiger partial charge in [0.25, 0.3) is 0 Å². The lowest BCUT2D eigenvalue weighted by molar-refractivity contribution is -0.119. The van der Waals surface area contributed by atoms with Crippen molar-refractivity contribution >= 4 is 5.78 Å². The SMILES string of the molecule is CCCC(N)CC(=O)CC. The first-order valence-corrected chi connectivity index (χ1v) is 3.98. The highest BCUT2D eigenvalue weighted by Crippen LogP contribution is 2.00. The lowest BCUT2D eigenvalue weighted by Gasteiger charge is -2.06. The molecule has 0 aliphatic rings. The Balaban J connectivity index is 3.37. The maximum absolute atomic E-state index is 10.8. The fourth-order valence-corrected chi connectivity index (χ4v) is 0.910. The Kier molecular flexibility index (Phi) is 5.22. The Morgan fingerprint density at radius 2 is 2.10 bits per heavy atom. The number of ketones is 1. The largest absolute Gasteiger partial charge is 0.327 e. The quantitative estimate of drug-likeness (QED) is 0.633. The van der Waals surface area contributed by atoms with Crippen molar-refractivity contribution in [2.75, 3.05) is 0 Å². The maximum atomic E-state index is 10.8. The van der Waals surface area contributed by atoms with E-state index in [-0.39, 0.29) is 11.8 Å². The third-order valence-corrected chi connectivity index (χ3v) is 1.54. The summed E-state index contributed by atoms with van der Waals surface area (Å²) in [5.41, 5.74) is 5.64. The minimum Gasteiger partial charge on any atom is -0.327 e. The van der Waals surface area contributed by atoms with Crippen LogP contribution in [0.25, 0.3) is 0 Å². The summed E-state index contributed by atoms with van der Waals surface area (Å²) in [6.45, 7) is 3.96. The van der Waals surface area contributed by atoms with Gasteiger partial charge in [0.2, 0.25) is 0 Å². The van der Waals surface area contributed by atoms with Crippen molar-refractivity contribution in [1.29, 1.82) is 0 Å². The number of rotatable bonds is 5. The minimum absolute atomic E-state index is 0.0949. The van der Waals surface area contributed by atoms with E-state index in [4.69, 9.17) is 5.73 Å². The monoisotopic (exact) mass is 143 g/mol. The van der Waals surface area contributed by atoms with Crippen molar-refractivity contribution in [3.63, 3.8) is 0 Å². The smallest absolute Gasteiger partial charge is 0.134 e. The number of hydrogen-bond acceptors (Lipinski definition) is 2. The Labute approximate surface area is 62.8 Å². The van der Waals surface area contributed by atoms with E-state index in [1.54, 1.807) is 0 Å². The van der Waals surface area contributed by atoms with Crippen LogP contribution >= 0.6 is 0 Å². The van der Waals surface area contributed by atoms with Crippen molar-refractivity contribution in [1.82, 2.24) is 0 Å². The van der Waals surface area contributed by atoms with Gasteiger partial charge in [-0.1, -0.05) is 20.3 Å². The third kappa shape index (κ3) is 4.50. The summed E-state index contributed by atoms with van der Waals surface area (Å²) in [5.74, 6) is 0.279. The Morgan fingerprint density at radius 1 is 1.50 bits per heavy atom. The van der Waals surface area contributed by atoms with E-state index in [0.717, 1.165) is 12.8 Å². The van der Waals surface area contributed by atoms with E-state index < -0.39 is 0 Å². The average Bonchev–Trinajstić information content (AvgIpc) is 1.88. The second-order valence-corrected chi connectivity index (χ2v) is 2.65. The van der Waals surface area contributed by atoms with E-state index in [0.29, 0.717) is 12.8 Å². The van der Waals surface area contributed by atoms with Crippen LogP contribution in [0, 0.1) is 0 Å². The van der Waals surface area contributed by atoms with E-state index in [1.807, 2.05) is 6.92 Å². The van der Waals surface area contributed by atoms with Gasteiger partial charge in [-0.3, -0.25) is 4.79 Å². The van der Waals surface area contributed by atoms with Gasteiger partial charge in [-0.2, -0.15) is 0 Å². The van der Waals surface area contributed by atoms with Crippen molar-refractivity contribution in [2.24, 2.45) is 5.73 Å². The van der Waals surface area contributed by atoms with Crippen LogP contribution in [-0.4, -0.2) is 11.8 Å². The summed E-state index contributed by atoms with van der Waals surface area (Å²) in [4.78, 5) is 10.8. The predicted molar refractivity (Wildman–Crippen MR) is 42.8 cm³/mol. The molecule has 0 rings (SSSR count). The van der Waals surface area contributed by atoms with E-state index >= 15 is 0 Å². The molecule has 0 heterocycles. The van der Waals surface area contributed by atoms with Crippen LogP contribution in [0.5, 0.6) is 0 Å². The van der Waals surface area contributed by atoms with Crippen LogP contribution in [0.1, 0.15) is 39.5 Å². The summed E-state index contributed by atoms with van der Waals surface area (Å²) in [5, 5.41) is 0. The summed E-state index contributed by atoms with van der Waals surface area (Å²) >= 11 is 0. The van der Waals surface area contributed by atoms with Crippen LogP contribution in [0.2, 0.25) is 0 Å². The summed E-state index contributed by atoms with van der Waals surface area (Å²) in [7, 11) is 0. The number of carbonyl (C=O) groups is 1. The molecule has 0 aliphatic heterocycles. The van der Waals surface area contributed by atoms with E-state index in [1.165, 1.54) is 0 Å². The molecule has 0 spiro atoms. The highest BCUT2D eigenvalue weighted by atomic mass is 16.1. The third-order valence-electron chi connectivity index (χ3n) is 1.54. The molecule has 0 bridgehead atoms. The topological polar surface area (TPSA) is 43.1 Å². The molecule has 0 amide bonds. The second kappa shape index (κ2) is 5.42. The summed E-state index contributed by atoms with van der Waals surface area (Å²) in [6, 6.07) is 0.0949. The molecule has 2 heteroatoms. The van der Waals surface area contributed by atoms with Crippen LogP contribution in [0.15, 0.2) is 0 Å². The van der Waals surface area contributed by atoms with Gasteiger partial charge in [-0.05, 0) is 6.42 Å². The minimum atomic E-state index is 0.0949. The molecule has 60 valence electrons. The van der Waals surface area contributed by atoms with Crippen LogP contribution < -0.4 is 5.73 Å². The fourth-order valence-electron chi connectivity index (χ4n) is 0.910. The molecule has 0 aromatic heterocycles. The molecular formula is C8H17NO. The molecule has 0 saturated heterocycles. The maximum Gasteiger partial charge on any atom is 0.134 e. The standard InChI is InChI=1S/C8H17NO/c1-3-5-7(9)6-8(10)4-2/h7H,3-6,9H2,1-2H3. The highest BCUT2D eigenvalue weighted by Gasteiger charge is 2.05. The number of nitrogens with two attached hydrogens (primary N) is 1. The Hall–Kier alpha value is -0.370. The van der Waals surface area contributed by atoms with Gasteiger partial charge in [-0.15, -0.1) is 0 Å². The Morgan fingerprint density at radius 3 is 2.50 bits per heavy atom. The number of hydrogen-bond donors (Lipinski definition) is 1. The van der Waals surface area contributed by atoms with Gasteiger partial charge in [0.05, 0.1) is 0 Å². The zero-order valence-corrected chi connectivity index (χ0v) is 6.89. The van der Waals surface area contributed by atoms with Crippen molar-refractivity contribution in [2.45, 2.75) is 45.6 Å². The first-order chi connectivity index (χ1) is 4.70. The molecule has 0 aliphatic carbocycles. The molecule has 1 unspecified atom stereocenters. The molecule has 0 fully saturated rings. The second-order valence-electron chi connectivity index (χ2n) is 2.65. The fraction of sp³-hybridized carbons (Fsp3) is 0.875. The predicted octanol–water partition coefficient (Wildman–Crippen LogP) is 1.48. The van der Waals surface area contributed by atoms with Crippen LogP contribution in [-0.2, 0) is 4.79 Å². The van der Waals surface area contributed by atoms with Gasteiger partial charge in [0.1, 0.15) is 5.78 Å². The zero-order chi connectivity index (χ0) is 7.98. The molecule has 2 N–H and O–H groups in total. The van der Waals surface area contributed by atoms with Gasteiger partial charge < -0.3 is 5.73 Å². The molecule has 10 heavy (non-hydrogen) atoms. The normalized spacial score (nSPS) is 13.1. The molecule has 0 saturated carbocycles. The molecular weight excluding hydrogens is 126 g/mol. The molecule has 0 aromatic carbocycles. The first-order valence-electron chi connectivity index (χ1n) is 3.98. The lowest BCUT2D eigenvalue weighted by atomic mass is 10.1. The van der Waals surface area contributed by atoms with Gasteiger partial charge in [0.15, 0.2) is 0 Å². The molecule has 0 aromatic rings. The van der Waals surface area contributed by atoms with E-state index in [2.05, 4.69) is 6.92 Å². The molecule has 0 radical (unpaired) electrons. The molecule has 2 nitrogen and oxygen atoms in total. The molecule has 1 atom stereocenters. The summed E-state index contributed by atoms with van der Waals surface area (Å²) < 4.78 is 0. The highest BCUT2D eigenvalue weighted by molar-refractivity contribution is 5.78. The Bertz CT molecular complexity index is 101. The zero-order valence-electron chi connectivity index (χ0n) is 6.89. The first kappa shape index (κ1) is 9.63. The number of Topliss-reactive ketones (excluding diaryl/α,β-unsaturated/α-hetero) is 1. The van der Waals surface area contributed by atoms with Crippen LogP contribution in [0.4, 0.5) is 0 Å². The van der Waals surface area contributed by atoms with Crippen LogP contribution in [0.3, 0.4) is 0 Å². The van der Waals surface area contributed by atoms with Crippen molar-refractivity contribution < 1.29 is 4.79 Å².